The summed E-state index contributed by atoms with van der Waals surface area (Å²) in [5.74, 6) is -0.253. The summed E-state index contributed by atoms with van der Waals surface area (Å²) in [6.07, 6.45) is 0.726. The van der Waals surface area contributed by atoms with Crippen molar-refractivity contribution < 1.29 is 23.7 Å². The first-order valence-electron chi connectivity index (χ1n) is 7.36. The lowest BCUT2D eigenvalue weighted by Gasteiger charge is -2.35. The zero-order chi connectivity index (χ0) is 15.6. The van der Waals surface area contributed by atoms with Crippen LogP contribution in [0.1, 0.15) is 30.3 Å². The molecule has 0 aliphatic carbocycles. The highest BCUT2D eigenvalue weighted by molar-refractivity contribution is 6.30. The number of carbonyl (C=O) groups excluding carboxylic acids is 1. The minimum atomic E-state index is -0.717. The van der Waals surface area contributed by atoms with E-state index >= 15 is 0 Å². The Morgan fingerprint density at radius 1 is 1.18 bits per heavy atom. The maximum absolute atomic E-state index is 12.4. The molecule has 0 bridgehead atoms. The molecule has 2 aliphatic rings. The maximum atomic E-state index is 12.4. The third kappa shape index (κ3) is 2.86. The highest BCUT2D eigenvalue weighted by atomic mass is 35.5. The molecular weight excluding hydrogens is 308 g/mol. The Bertz CT molecular complexity index is 547. The summed E-state index contributed by atoms with van der Waals surface area (Å²) in [4.78, 5) is 12.4. The molecule has 5 nitrogen and oxygen atoms in total. The summed E-state index contributed by atoms with van der Waals surface area (Å²) in [6.45, 7) is 2.16. The molecule has 0 amide bonds. The highest BCUT2D eigenvalue weighted by Gasteiger charge is 2.43. The molecule has 0 spiro atoms. The van der Waals surface area contributed by atoms with Crippen molar-refractivity contribution in [3.63, 3.8) is 0 Å². The van der Waals surface area contributed by atoms with Gasteiger partial charge in [0, 0.05) is 23.8 Å². The monoisotopic (exact) mass is 326 g/mol. The number of halogens is 1. The van der Waals surface area contributed by atoms with Gasteiger partial charge < -0.3 is 18.9 Å². The van der Waals surface area contributed by atoms with Gasteiger partial charge >= 0.3 is 5.97 Å². The van der Waals surface area contributed by atoms with Crippen molar-refractivity contribution in [2.45, 2.75) is 24.5 Å². The largest absolute Gasteiger partial charge is 0.468 e. The van der Waals surface area contributed by atoms with Crippen LogP contribution < -0.4 is 0 Å². The molecule has 22 heavy (non-hydrogen) atoms. The molecule has 0 N–H and O–H groups in total. The Kier molecular flexibility index (Phi) is 4.68. The summed E-state index contributed by atoms with van der Waals surface area (Å²) >= 11 is 6.26. The van der Waals surface area contributed by atoms with Crippen LogP contribution in [0.25, 0.3) is 0 Å². The standard InChI is InChI=1S/C16H19ClO5/c1-19-15(18)16(2-4-20-5-3-16)12-8-11(9-13(17)10-12)14-21-6-7-22-14/h8-10,14H,2-7H2,1H3. The number of rotatable bonds is 3. The SMILES string of the molecule is COC(=O)C1(c2cc(Cl)cc(C3OCCO3)c2)CCOCC1. The number of carbonyl (C=O) groups is 1. The van der Waals surface area contributed by atoms with Gasteiger partial charge in [-0.05, 0) is 36.6 Å². The molecule has 2 saturated heterocycles. The minimum absolute atomic E-state index is 0.253. The molecule has 0 radical (unpaired) electrons. The molecule has 0 unspecified atom stereocenters. The van der Waals surface area contributed by atoms with E-state index in [0.29, 0.717) is 44.3 Å². The summed E-state index contributed by atoms with van der Waals surface area (Å²) in [7, 11) is 1.41. The second-order valence-electron chi connectivity index (χ2n) is 5.53. The molecule has 2 aliphatic heterocycles. The summed E-state index contributed by atoms with van der Waals surface area (Å²) in [6, 6.07) is 5.57. The first-order chi connectivity index (χ1) is 10.7. The van der Waals surface area contributed by atoms with Crippen LogP contribution in [0.3, 0.4) is 0 Å². The molecule has 2 fully saturated rings. The normalized spacial score (nSPS) is 21.7. The number of benzene rings is 1. The van der Waals surface area contributed by atoms with E-state index in [9.17, 15) is 4.79 Å². The van der Waals surface area contributed by atoms with E-state index in [1.165, 1.54) is 7.11 Å². The molecule has 0 saturated carbocycles. The predicted octanol–water partition coefficient (Wildman–Crippen LogP) is 2.61. The van der Waals surface area contributed by atoms with Gasteiger partial charge in [0.2, 0.25) is 0 Å². The van der Waals surface area contributed by atoms with Crippen molar-refractivity contribution in [3.8, 4) is 0 Å². The lowest BCUT2D eigenvalue weighted by Crippen LogP contribution is -2.42. The quantitative estimate of drug-likeness (QED) is 0.799. The van der Waals surface area contributed by atoms with Crippen molar-refractivity contribution in [3.05, 3.63) is 34.3 Å². The Hall–Kier alpha value is -1.14. The molecule has 1 aromatic rings. The Labute approximate surface area is 134 Å². The van der Waals surface area contributed by atoms with Gasteiger partial charge in [0.05, 0.1) is 25.7 Å². The van der Waals surface area contributed by atoms with Gasteiger partial charge in [0.15, 0.2) is 6.29 Å². The second kappa shape index (κ2) is 6.54. The third-order valence-electron chi connectivity index (χ3n) is 4.29. The van der Waals surface area contributed by atoms with Crippen molar-refractivity contribution in [1.29, 1.82) is 0 Å². The molecule has 6 heteroatoms. The predicted molar refractivity (Wildman–Crippen MR) is 79.8 cm³/mol. The molecule has 3 rings (SSSR count). The fraction of sp³-hybridized carbons (Fsp3) is 0.562. The van der Waals surface area contributed by atoms with Gasteiger partial charge in [-0.1, -0.05) is 11.6 Å². The van der Waals surface area contributed by atoms with Crippen LogP contribution in [-0.4, -0.2) is 39.5 Å². The van der Waals surface area contributed by atoms with Gasteiger partial charge in [-0.25, -0.2) is 0 Å². The fourth-order valence-electron chi connectivity index (χ4n) is 3.10. The number of esters is 1. The zero-order valence-corrected chi connectivity index (χ0v) is 13.2. The highest BCUT2D eigenvalue weighted by Crippen LogP contribution is 2.39. The van der Waals surface area contributed by atoms with Crippen LogP contribution in [0, 0.1) is 0 Å². The lowest BCUT2D eigenvalue weighted by molar-refractivity contribution is -0.151. The molecule has 1 aromatic carbocycles. The number of ether oxygens (including phenoxy) is 4. The van der Waals surface area contributed by atoms with Gasteiger partial charge in [0.1, 0.15) is 0 Å². The van der Waals surface area contributed by atoms with Gasteiger partial charge in [-0.15, -0.1) is 0 Å². The van der Waals surface area contributed by atoms with Crippen molar-refractivity contribution in [1.82, 2.24) is 0 Å². The van der Waals surface area contributed by atoms with E-state index in [1.807, 2.05) is 18.2 Å². The summed E-state index contributed by atoms with van der Waals surface area (Å²) in [5, 5.41) is 0.557. The Morgan fingerprint density at radius 3 is 2.50 bits per heavy atom. The van der Waals surface area contributed by atoms with Crippen molar-refractivity contribution in [2.75, 3.05) is 33.5 Å². The lowest BCUT2D eigenvalue weighted by atomic mass is 9.74. The van der Waals surface area contributed by atoms with Crippen LogP contribution in [0.15, 0.2) is 18.2 Å². The van der Waals surface area contributed by atoms with E-state index in [2.05, 4.69) is 0 Å². The molecular formula is C16H19ClO5. The van der Waals surface area contributed by atoms with Crippen LogP contribution >= 0.6 is 11.6 Å². The van der Waals surface area contributed by atoms with E-state index in [0.717, 1.165) is 11.1 Å². The summed E-state index contributed by atoms with van der Waals surface area (Å²) in [5.41, 5.74) is 0.949. The Morgan fingerprint density at radius 2 is 1.86 bits per heavy atom. The maximum Gasteiger partial charge on any atom is 0.316 e. The van der Waals surface area contributed by atoms with Crippen molar-refractivity contribution >= 4 is 17.6 Å². The van der Waals surface area contributed by atoms with Crippen molar-refractivity contribution in [2.24, 2.45) is 0 Å². The van der Waals surface area contributed by atoms with E-state index in [4.69, 9.17) is 30.5 Å². The summed E-state index contributed by atoms with van der Waals surface area (Å²) < 4.78 is 21.5. The van der Waals surface area contributed by atoms with Gasteiger partial charge in [-0.2, -0.15) is 0 Å². The molecule has 0 atom stereocenters. The topological polar surface area (TPSA) is 54.0 Å². The van der Waals surface area contributed by atoms with Crippen LogP contribution in [-0.2, 0) is 29.2 Å². The van der Waals surface area contributed by atoms with E-state index in [1.54, 1.807) is 0 Å². The first kappa shape index (κ1) is 15.7. The number of hydrogen-bond acceptors (Lipinski definition) is 5. The van der Waals surface area contributed by atoms with Crippen LogP contribution in [0.5, 0.6) is 0 Å². The third-order valence-corrected chi connectivity index (χ3v) is 4.51. The van der Waals surface area contributed by atoms with E-state index < -0.39 is 11.7 Å². The first-order valence-corrected chi connectivity index (χ1v) is 7.74. The molecule has 0 aromatic heterocycles. The van der Waals surface area contributed by atoms with Gasteiger partial charge in [0.25, 0.3) is 0 Å². The molecule has 120 valence electrons. The second-order valence-corrected chi connectivity index (χ2v) is 5.97. The zero-order valence-electron chi connectivity index (χ0n) is 12.5. The molecule has 2 heterocycles. The average molecular weight is 327 g/mol. The van der Waals surface area contributed by atoms with E-state index in [-0.39, 0.29) is 5.97 Å². The smallest absolute Gasteiger partial charge is 0.316 e. The van der Waals surface area contributed by atoms with Gasteiger partial charge in [-0.3, -0.25) is 4.79 Å². The average Bonchev–Trinajstić information content (AvgIpc) is 3.08. The Balaban J connectivity index is 2.01. The van der Waals surface area contributed by atoms with Crippen LogP contribution in [0.4, 0.5) is 0 Å². The minimum Gasteiger partial charge on any atom is -0.468 e. The number of hydrogen-bond donors (Lipinski definition) is 0. The fourth-order valence-corrected chi connectivity index (χ4v) is 3.34. The number of methoxy groups -OCH3 is 1. The van der Waals surface area contributed by atoms with Crippen LogP contribution in [0.2, 0.25) is 5.02 Å².